The zero-order valence-electron chi connectivity index (χ0n) is 24.9. The number of carbonyl (C=O) groups excluding carboxylic acids is 2. The number of nitrogens with zero attached hydrogens (tertiary/aromatic N) is 2. The van der Waals surface area contributed by atoms with Crippen molar-refractivity contribution >= 4 is 27.5 Å². The fraction of sp³-hybridized carbons (Fsp3) is 0.235. The Morgan fingerprint density at radius 1 is 0.909 bits per heavy atom. The normalized spacial score (nSPS) is 11.8. The standard InChI is InChI=1S/C34H36FN3O5S/c1-4-36-34(40)32(21-26-11-6-5-7-12-26)37(23-27-13-8-9-16-31(27)35)33(39)24-38(28-14-10-15-29(22-28)43-3)44(41,42)30-19-17-25(2)18-20-30/h5-20,22,32H,4,21,23-24H2,1-3H3,(H,36,40). The maximum Gasteiger partial charge on any atom is 0.264 e. The van der Waals surface area contributed by atoms with Crippen molar-refractivity contribution in [1.82, 2.24) is 10.2 Å². The number of carbonyl (C=O) groups is 2. The van der Waals surface area contributed by atoms with E-state index >= 15 is 0 Å². The number of rotatable bonds is 13. The molecule has 0 radical (unpaired) electrons. The molecule has 4 aromatic carbocycles. The van der Waals surface area contributed by atoms with E-state index in [9.17, 15) is 22.4 Å². The number of anilines is 1. The Balaban J connectivity index is 1.82. The number of hydrogen-bond acceptors (Lipinski definition) is 5. The third-order valence-electron chi connectivity index (χ3n) is 7.15. The van der Waals surface area contributed by atoms with E-state index in [-0.39, 0.29) is 29.1 Å². The lowest BCUT2D eigenvalue weighted by atomic mass is 10.0. The minimum Gasteiger partial charge on any atom is -0.497 e. The molecule has 0 aliphatic carbocycles. The molecule has 0 aliphatic rings. The zero-order valence-corrected chi connectivity index (χ0v) is 25.8. The average molecular weight is 618 g/mol. The average Bonchev–Trinajstić information content (AvgIpc) is 3.03. The zero-order chi connectivity index (χ0) is 31.7. The summed E-state index contributed by atoms with van der Waals surface area (Å²) < 4.78 is 49.5. The van der Waals surface area contributed by atoms with Crippen molar-refractivity contribution in [2.24, 2.45) is 0 Å². The Kier molecular flexibility index (Phi) is 10.7. The molecule has 0 saturated carbocycles. The first-order valence-electron chi connectivity index (χ1n) is 14.2. The van der Waals surface area contributed by atoms with Crippen molar-refractivity contribution < 1.29 is 27.1 Å². The highest BCUT2D eigenvalue weighted by Crippen LogP contribution is 2.28. The van der Waals surface area contributed by atoms with Gasteiger partial charge in [-0.3, -0.25) is 13.9 Å². The Labute approximate surface area is 258 Å². The second-order valence-electron chi connectivity index (χ2n) is 10.2. The van der Waals surface area contributed by atoms with E-state index in [0.29, 0.717) is 12.3 Å². The summed E-state index contributed by atoms with van der Waals surface area (Å²) in [6, 6.07) is 26.8. The van der Waals surface area contributed by atoms with Gasteiger partial charge in [0.25, 0.3) is 10.0 Å². The molecular weight excluding hydrogens is 581 g/mol. The van der Waals surface area contributed by atoms with Gasteiger partial charge < -0.3 is 15.0 Å². The van der Waals surface area contributed by atoms with Crippen LogP contribution in [0.2, 0.25) is 0 Å². The summed E-state index contributed by atoms with van der Waals surface area (Å²) in [5.41, 5.74) is 2.04. The molecular formula is C34H36FN3O5S. The molecule has 1 N–H and O–H groups in total. The van der Waals surface area contributed by atoms with Crippen LogP contribution < -0.4 is 14.4 Å². The second kappa shape index (κ2) is 14.7. The van der Waals surface area contributed by atoms with Crippen LogP contribution in [0.5, 0.6) is 5.75 Å². The maximum absolute atomic E-state index is 14.9. The highest BCUT2D eigenvalue weighted by atomic mass is 32.2. The van der Waals surface area contributed by atoms with E-state index < -0.39 is 40.2 Å². The van der Waals surface area contributed by atoms with Crippen molar-refractivity contribution in [2.45, 2.75) is 37.8 Å². The molecule has 0 heterocycles. The highest BCUT2D eigenvalue weighted by Gasteiger charge is 2.35. The largest absolute Gasteiger partial charge is 0.497 e. The van der Waals surface area contributed by atoms with Crippen LogP contribution in [0.1, 0.15) is 23.6 Å². The summed E-state index contributed by atoms with van der Waals surface area (Å²) in [6.45, 7) is 3.01. The molecule has 230 valence electrons. The van der Waals surface area contributed by atoms with Gasteiger partial charge >= 0.3 is 0 Å². The molecule has 0 bridgehead atoms. The van der Waals surface area contributed by atoms with Crippen molar-refractivity contribution in [2.75, 3.05) is 24.5 Å². The van der Waals surface area contributed by atoms with Crippen molar-refractivity contribution in [3.05, 3.63) is 126 Å². The van der Waals surface area contributed by atoms with Gasteiger partial charge in [0.1, 0.15) is 24.2 Å². The summed E-state index contributed by atoms with van der Waals surface area (Å²) in [7, 11) is -2.81. The Morgan fingerprint density at radius 2 is 1.59 bits per heavy atom. The van der Waals surface area contributed by atoms with Crippen LogP contribution in [0.15, 0.2) is 108 Å². The van der Waals surface area contributed by atoms with Gasteiger partial charge in [0.2, 0.25) is 11.8 Å². The molecule has 4 rings (SSSR count). The topological polar surface area (TPSA) is 96.0 Å². The summed E-state index contributed by atoms with van der Waals surface area (Å²) in [5.74, 6) is -1.27. The van der Waals surface area contributed by atoms with Gasteiger partial charge in [-0.25, -0.2) is 12.8 Å². The number of hydrogen-bond donors (Lipinski definition) is 1. The Morgan fingerprint density at radius 3 is 2.25 bits per heavy atom. The molecule has 0 aromatic heterocycles. The smallest absolute Gasteiger partial charge is 0.264 e. The number of methoxy groups -OCH3 is 1. The highest BCUT2D eigenvalue weighted by molar-refractivity contribution is 7.92. The lowest BCUT2D eigenvalue weighted by Crippen LogP contribution is -2.53. The second-order valence-corrected chi connectivity index (χ2v) is 12.1. The fourth-order valence-corrected chi connectivity index (χ4v) is 6.19. The molecule has 1 atom stereocenters. The Hall–Kier alpha value is -4.70. The molecule has 44 heavy (non-hydrogen) atoms. The van der Waals surface area contributed by atoms with Crippen LogP contribution in [0.3, 0.4) is 0 Å². The molecule has 2 amide bonds. The van der Waals surface area contributed by atoms with Crippen LogP contribution in [0.4, 0.5) is 10.1 Å². The molecule has 4 aromatic rings. The van der Waals surface area contributed by atoms with E-state index in [4.69, 9.17) is 4.74 Å². The van der Waals surface area contributed by atoms with E-state index in [1.54, 1.807) is 43.3 Å². The van der Waals surface area contributed by atoms with Gasteiger partial charge in [0.15, 0.2) is 0 Å². The molecule has 0 aliphatic heterocycles. The maximum atomic E-state index is 14.9. The first kappa shape index (κ1) is 32.2. The van der Waals surface area contributed by atoms with Crippen molar-refractivity contribution in [1.29, 1.82) is 0 Å². The van der Waals surface area contributed by atoms with Gasteiger partial charge in [0.05, 0.1) is 17.7 Å². The molecule has 0 spiro atoms. The van der Waals surface area contributed by atoms with Gasteiger partial charge in [-0.2, -0.15) is 0 Å². The van der Waals surface area contributed by atoms with E-state index in [2.05, 4.69) is 5.32 Å². The number of benzene rings is 4. The number of sulfonamides is 1. The van der Waals surface area contributed by atoms with Crippen LogP contribution in [0.25, 0.3) is 0 Å². The van der Waals surface area contributed by atoms with Crippen LogP contribution in [-0.4, -0.2) is 51.4 Å². The van der Waals surface area contributed by atoms with Gasteiger partial charge in [-0.1, -0.05) is 72.3 Å². The summed E-state index contributed by atoms with van der Waals surface area (Å²) in [6.07, 6.45) is 0.136. The lowest BCUT2D eigenvalue weighted by molar-refractivity contribution is -0.140. The summed E-state index contributed by atoms with van der Waals surface area (Å²) in [4.78, 5) is 29.1. The van der Waals surface area contributed by atoms with Gasteiger partial charge in [-0.15, -0.1) is 0 Å². The van der Waals surface area contributed by atoms with Crippen LogP contribution in [-0.2, 0) is 32.6 Å². The predicted molar refractivity (Wildman–Crippen MR) is 168 cm³/mol. The summed E-state index contributed by atoms with van der Waals surface area (Å²) >= 11 is 0. The third-order valence-corrected chi connectivity index (χ3v) is 8.94. The number of ether oxygens (including phenoxy) is 1. The van der Waals surface area contributed by atoms with Crippen LogP contribution >= 0.6 is 0 Å². The number of likely N-dealkylation sites (N-methyl/N-ethyl adjacent to an activating group) is 1. The molecule has 0 fully saturated rings. The summed E-state index contributed by atoms with van der Waals surface area (Å²) in [5, 5.41) is 2.79. The number of aryl methyl sites for hydroxylation is 1. The van der Waals surface area contributed by atoms with E-state index in [1.165, 1.54) is 48.4 Å². The molecule has 1 unspecified atom stereocenters. The van der Waals surface area contributed by atoms with Crippen LogP contribution in [0, 0.1) is 12.7 Å². The molecule has 0 saturated heterocycles. The van der Waals surface area contributed by atoms with Crippen molar-refractivity contribution in [3.63, 3.8) is 0 Å². The predicted octanol–water partition coefficient (Wildman–Crippen LogP) is 5.11. The third kappa shape index (κ3) is 7.82. The minimum atomic E-state index is -4.26. The van der Waals surface area contributed by atoms with E-state index in [0.717, 1.165) is 15.4 Å². The molecule has 8 nitrogen and oxygen atoms in total. The fourth-order valence-electron chi connectivity index (χ4n) is 4.79. The number of halogens is 1. The van der Waals surface area contributed by atoms with E-state index in [1.807, 2.05) is 37.3 Å². The lowest BCUT2D eigenvalue weighted by Gasteiger charge is -2.34. The van der Waals surface area contributed by atoms with Gasteiger partial charge in [-0.05, 0) is 49.7 Å². The number of amides is 2. The first-order chi connectivity index (χ1) is 21.1. The molecule has 10 heteroatoms. The monoisotopic (exact) mass is 617 g/mol. The van der Waals surface area contributed by atoms with Gasteiger partial charge in [0, 0.05) is 31.1 Å². The minimum absolute atomic E-state index is 0.0102. The first-order valence-corrected chi connectivity index (χ1v) is 15.7. The van der Waals surface area contributed by atoms with Crippen molar-refractivity contribution in [3.8, 4) is 5.75 Å². The number of nitrogens with one attached hydrogen (secondary N) is 1. The Bertz CT molecular complexity index is 1680. The SMILES string of the molecule is CCNC(=O)C(Cc1ccccc1)N(Cc1ccccc1F)C(=O)CN(c1cccc(OC)c1)S(=O)(=O)c1ccc(C)cc1. The quantitative estimate of drug-likeness (QED) is 0.225.